The van der Waals surface area contributed by atoms with E-state index in [2.05, 4.69) is 19.2 Å². The van der Waals surface area contributed by atoms with Gasteiger partial charge >= 0.3 is 6.03 Å². The van der Waals surface area contributed by atoms with Gasteiger partial charge in [-0.2, -0.15) is 0 Å². The first kappa shape index (κ1) is 23.9. The minimum atomic E-state index is -0.523. The zero-order valence-electron chi connectivity index (χ0n) is 19.5. The Labute approximate surface area is 187 Å². The normalized spacial score (nSPS) is 26.4. The zero-order chi connectivity index (χ0) is 22.4. The van der Waals surface area contributed by atoms with E-state index in [4.69, 9.17) is 5.73 Å². The molecule has 0 radical (unpaired) electrons. The van der Waals surface area contributed by atoms with Crippen LogP contribution in [0.5, 0.6) is 0 Å². The van der Waals surface area contributed by atoms with Gasteiger partial charge in [-0.05, 0) is 43.9 Å². The molecular weight excluding hydrogens is 392 g/mol. The maximum Gasteiger partial charge on any atom is 0.318 e. The Kier molecular flexibility index (Phi) is 8.61. The van der Waals surface area contributed by atoms with Crippen LogP contribution in [0.2, 0.25) is 0 Å². The van der Waals surface area contributed by atoms with E-state index in [1.165, 1.54) is 25.7 Å². The van der Waals surface area contributed by atoms with E-state index in [-0.39, 0.29) is 36.4 Å². The minimum absolute atomic E-state index is 0.0405. The number of rotatable bonds is 7. The van der Waals surface area contributed by atoms with Crippen molar-refractivity contribution in [1.29, 1.82) is 0 Å². The molecule has 0 aromatic carbocycles. The number of carbonyl (C=O) groups is 3. The fraction of sp³-hybridized carbons (Fsp3) is 0.875. The van der Waals surface area contributed by atoms with Gasteiger partial charge < -0.3 is 20.9 Å². The molecule has 0 aromatic heterocycles. The highest BCUT2D eigenvalue weighted by atomic mass is 16.2. The highest BCUT2D eigenvalue weighted by molar-refractivity contribution is 5.89. The van der Waals surface area contributed by atoms with E-state index in [0.29, 0.717) is 18.9 Å². The summed E-state index contributed by atoms with van der Waals surface area (Å²) in [6.45, 7) is 5.30. The number of nitrogens with two attached hydrogens (primary N) is 1. The van der Waals surface area contributed by atoms with Gasteiger partial charge in [0.2, 0.25) is 11.8 Å². The van der Waals surface area contributed by atoms with Crippen molar-refractivity contribution < 1.29 is 14.4 Å². The summed E-state index contributed by atoms with van der Waals surface area (Å²) in [7, 11) is 0. The Bertz CT molecular complexity index is 626. The predicted molar refractivity (Wildman–Crippen MR) is 121 cm³/mol. The minimum Gasteiger partial charge on any atom is -0.370 e. The van der Waals surface area contributed by atoms with Crippen LogP contribution in [0.15, 0.2) is 0 Å². The van der Waals surface area contributed by atoms with Gasteiger partial charge in [0.1, 0.15) is 6.04 Å². The lowest BCUT2D eigenvalue weighted by molar-refractivity contribution is -0.145. The third-order valence-electron chi connectivity index (χ3n) is 7.26. The standard InChI is InChI=1S/C24H42N4O3/c1-17(2)13-21-23(30)27(15-18-9-5-3-6-10-18)16-20(14-22(25)29)28(21)24(31)26-19-11-7-4-8-12-19/h17-21H,3-16H2,1-2H3,(H2,25,29)(H,26,31)/t20-,21+/m1/s1. The molecule has 31 heavy (non-hydrogen) atoms. The third-order valence-corrected chi connectivity index (χ3v) is 7.26. The first-order valence-corrected chi connectivity index (χ1v) is 12.5. The number of hydrogen-bond donors (Lipinski definition) is 2. The van der Waals surface area contributed by atoms with Crippen LogP contribution in [0.3, 0.4) is 0 Å². The fourth-order valence-electron chi connectivity index (χ4n) is 5.72. The molecule has 2 saturated carbocycles. The first-order chi connectivity index (χ1) is 14.8. The number of urea groups is 1. The van der Waals surface area contributed by atoms with Gasteiger partial charge in [-0.15, -0.1) is 0 Å². The van der Waals surface area contributed by atoms with Gasteiger partial charge in [-0.25, -0.2) is 4.79 Å². The molecule has 176 valence electrons. The molecule has 0 bridgehead atoms. The third kappa shape index (κ3) is 6.59. The Morgan fingerprint density at radius 3 is 2.23 bits per heavy atom. The molecular formula is C24H42N4O3. The molecule has 3 aliphatic rings. The maximum atomic E-state index is 13.6. The molecule has 1 saturated heterocycles. The number of piperazine rings is 1. The quantitative estimate of drug-likeness (QED) is 0.643. The van der Waals surface area contributed by atoms with Gasteiger partial charge in [0.15, 0.2) is 0 Å². The lowest BCUT2D eigenvalue weighted by atomic mass is 9.87. The summed E-state index contributed by atoms with van der Waals surface area (Å²) < 4.78 is 0. The fourth-order valence-corrected chi connectivity index (χ4v) is 5.72. The molecule has 4 amide bonds. The number of nitrogens with zero attached hydrogens (tertiary/aromatic N) is 2. The molecule has 7 heteroatoms. The topological polar surface area (TPSA) is 95.7 Å². The first-order valence-electron chi connectivity index (χ1n) is 12.5. The van der Waals surface area contributed by atoms with E-state index < -0.39 is 11.9 Å². The molecule has 7 nitrogen and oxygen atoms in total. The van der Waals surface area contributed by atoms with Gasteiger partial charge in [0.05, 0.1) is 6.04 Å². The van der Waals surface area contributed by atoms with Crippen LogP contribution in [-0.4, -0.2) is 58.9 Å². The lowest BCUT2D eigenvalue weighted by Crippen LogP contribution is -2.67. The van der Waals surface area contributed by atoms with Crippen LogP contribution in [0.4, 0.5) is 4.79 Å². The van der Waals surface area contributed by atoms with Crippen LogP contribution in [-0.2, 0) is 9.59 Å². The Hall–Kier alpha value is -1.79. The molecule has 1 heterocycles. The predicted octanol–water partition coefficient (Wildman–Crippen LogP) is 3.41. The average Bonchev–Trinajstić information content (AvgIpc) is 2.72. The second kappa shape index (κ2) is 11.2. The van der Waals surface area contributed by atoms with E-state index in [0.717, 1.165) is 45.1 Å². The molecule has 0 aromatic rings. The van der Waals surface area contributed by atoms with Crippen molar-refractivity contribution in [1.82, 2.24) is 15.1 Å². The van der Waals surface area contributed by atoms with E-state index in [1.807, 2.05) is 4.90 Å². The van der Waals surface area contributed by atoms with E-state index in [1.54, 1.807) is 4.90 Å². The van der Waals surface area contributed by atoms with E-state index >= 15 is 0 Å². The molecule has 3 N–H and O–H groups in total. The van der Waals surface area contributed by atoms with Crippen LogP contribution in [0.25, 0.3) is 0 Å². The van der Waals surface area contributed by atoms with Crippen molar-refractivity contribution in [2.45, 2.75) is 109 Å². The highest BCUT2D eigenvalue weighted by Gasteiger charge is 2.44. The molecule has 2 aliphatic carbocycles. The van der Waals surface area contributed by atoms with Crippen molar-refractivity contribution in [2.75, 3.05) is 13.1 Å². The van der Waals surface area contributed by atoms with Gasteiger partial charge in [0, 0.05) is 25.6 Å². The Balaban J connectivity index is 1.79. The van der Waals surface area contributed by atoms with Gasteiger partial charge in [0.25, 0.3) is 0 Å². The molecule has 0 spiro atoms. The molecule has 2 atom stereocenters. The van der Waals surface area contributed by atoms with Crippen LogP contribution < -0.4 is 11.1 Å². The van der Waals surface area contributed by atoms with Crippen LogP contribution in [0, 0.1) is 11.8 Å². The largest absolute Gasteiger partial charge is 0.370 e. The summed E-state index contributed by atoms with van der Waals surface area (Å²) in [4.78, 5) is 42.4. The summed E-state index contributed by atoms with van der Waals surface area (Å²) in [6, 6.07) is -0.920. The number of amides is 4. The molecule has 3 rings (SSSR count). The second-order valence-electron chi connectivity index (χ2n) is 10.4. The number of primary amides is 1. The Morgan fingerprint density at radius 2 is 1.65 bits per heavy atom. The SMILES string of the molecule is CC(C)C[C@H]1C(=O)N(CC2CCCCC2)C[C@@H](CC(N)=O)N1C(=O)NC1CCCCC1. The average molecular weight is 435 g/mol. The van der Waals surface area contributed by atoms with Crippen LogP contribution >= 0.6 is 0 Å². The second-order valence-corrected chi connectivity index (χ2v) is 10.4. The van der Waals surface area contributed by atoms with E-state index in [9.17, 15) is 14.4 Å². The van der Waals surface area contributed by atoms with Crippen molar-refractivity contribution in [3.63, 3.8) is 0 Å². The molecule has 3 fully saturated rings. The van der Waals surface area contributed by atoms with Crippen molar-refractivity contribution in [2.24, 2.45) is 17.6 Å². The molecule has 1 aliphatic heterocycles. The summed E-state index contributed by atoms with van der Waals surface area (Å²) in [6.07, 6.45) is 12.2. The molecule has 0 unspecified atom stereocenters. The summed E-state index contributed by atoms with van der Waals surface area (Å²) in [5, 5.41) is 3.18. The highest BCUT2D eigenvalue weighted by Crippen LogP contribution is 2.29. The smallest absolute Gasteiger partial charge is 0.318 e. The Morgan fingerprint density at radius 1 is 1.03 bits per heavy atom. The summed E-state index contributed by atoms with van der Waals surface area (Å²) in [5.74, 6) is 0.409. The maximum absolute atomic E-state index is 13.6. The van der Waals surface area contributed by atoms with Gasteiger partial charge in [-0.3, -0.25) is 9.59 Å². The van der Waals surface area contributed by atoms with Crippen LogP contribution in [0.1, 0.15) is 90.9 Å². The van der Waals surface area contributed by atoms with Gasteiger partial charge in [-0.1, -0.05) is 52.4 Å². The lowest BCUT2D eigenvalue weighted by Gasteiger charge is -2.47. The number of carbonyl (C=O) groups excluding carboxylic acids is 3. The number of hydrogen-bond acceptors (Lipinski definition) is 3. The zero-order valence-corrected chi connectivity index (χ0v) is 19.5. The summed E-state index contributed by atoms with van der Waals surface area (Å²) >= 11 is 0. The van der Waals surface area contributed by atoms with Crippen molar-refractivity contribution in [3.05, 3.63) is 0 Å². The van der Waals surface area contributed by atoms with Crippen molar-refractivity contribution >= 4 is 17.8 Å². The number of nitrogens with one attached hydrogen (secondary N) is 1. The summed E-state index contributed by atoms with van der Waals surface area (Å²) in [5.41, 5.74) is 5.58. The monoisotopic (exact) mass is 434 g/mol. The van der Waals surface area contributed by atoms with Crippen molar-refractivity contribution in [3.8, 4) is 0 Å².